The van der Waals surface area contributed by atoms with Crippen molar-refractivity contribution in [3.05, 3.63) is 24.4 Å². The van der Waals surface area contributed by atoms with Crippen molar-refractivity contribution in [2.75, 3.05) is 6.61 Å². The SMILES string of the molecule is CCOc1c[c]cc2c1c(-c1nnn[nH]1)cn2C1CC1. The van der Waals surface area contributed by atoms with Crippen LogP contribution in [0.3, 0.4) is 0 Å². The number of benzene rings is 1. The maximum absolute atomic E-state index is 5.74. The molecule has 0 spiro atoms. The number of rotatable bonds is 4. The summed E-state index contributed by atoms with van der Waals surface area (Å²) in [6.07, 6.45) is 4.55. The number of hydrogen-bond acceptors (Lipinski definition) is 4. The molecule has 6 heteroatoms. The molecule has 2 aromatic heterocycles. The molecule has 0 saturated heterocycles. The molecule has 1 saturated carbocycles. The summed E-state index contributed by atoms with van der Waals surface area (Å²) in [5.74, 6) is 1.50. The number of nitrogens with one attached hydrogen (secondary N) is 1. The van der Waals surface area contributed by atoms with Crippen LogP contribution in [0.15, 0.2) is 18.3 Å². The lowest BCUT2D eigenvalue weighted by Crippen LogP contribution is -1.94. The van der Waals surface area contributed by atoms with Crippen molar-refractivity contribution >= 4 is 10.9 Å². The Morgan fingerprint density at radius 2 is 2.35 bits per heavy atom. The van der Waals surface area contributed by atoms with E-state index >= 15 is 0 Å². The van der Waals surface area contributed by atoms with Crippen molar-refractivity contribution < 1.29 is 4.74 Å². The summed E-state index contributed by atoms with van der Waals surface area (Å²) in [6.45, 7) is 2.60. The first kappa shape index (κ1) is 11.5. The van der Waals surface area contributed by atoms with E-state index in [1.54, 1.807) is 0 Å². The van der Waals surface area contributed by atoms with E-state index in [1.807, 2.05) is 19.1 Å². The number of aromatic amines is 1. The van der Waals surface area contributed by atoms with Gasteiger partial charge in [-0.25, -0.2) is 5.10 Å². The fraction of sp³-hybridized carbons (Fsp3) is 0.357. The third kappa shape index (κ3) is 1.68. The van der Waals surface area contributed by atoms with Gasteiger partial charge in [0.2, 0.25) is 0 Å². The highest BCUT2D eigenvalue weighted by molar-refractivity contribution is 5.99. The second-order valence-corrected chi connectivity index (χ2v) is 4.94. The Morgan fingerprint density at radius 1 is 1.45 bits per heavy atom. The Bertz CT molecular complexity index is 742. The molecule has 1 aliphatic rings. The molecule has 2 heterocycles. The first-order chi connectivity index (χ1) is 9.88. The molecule has 0 atom stereocenters. The molecular formula is C14H14N5O. The molecule has 0 unspecified atom stereocenters. The van der Waals surface area contributed by atoms with Crippen LogP contribution in [0.5, 0.6) is 5.75 Å². The van der Waals surface area contributed by atoms with Gasteiger partial charge in [0.05, 0.1) is 17.5 Å². The third-order valence-corrected chi connectivity index (χ3v) is 3.59. The van der Waals surface area contributed by atoms with E-state index in [9.17, 15) is 0 Å². The molecule has 20 heavy (non-hydrogen) atoms. The van der Waals surface area contributed by atoms with Gasteiger partial charge in [0, 0.05) is 17.8 Å². The monoisotopic (exact) mass is 268 g/mol. The largest absolute Gasteiger partial charge is 0.493 e. The molecule has 1 aromatic carbocycles. The maximum atomic E-state index is 5.74. The Hall–Kier alpha value is -2.37. The number of fused-ring (bicyclic) bond motifs is 1. The summed E-state index contributed by atoms with van der Waals surface area (Å²) >= 11 is 0. The number of ether oxygens (including phenoxy) is 1. The smallest absolute Gasteiger partial charge is 0.181 e. The standard InChI is InChI=1S/C14H14N5O/c1-2-20-12-5-3-4-11-13(12)10(14-15-17-18-16-14)8-19(11)9-6-7-9/h4-5,8-9H,2,6-7H2,1H3,(H,15,16,17,18). The van der Waals surface area contributed by atoms with Crippen LogP contribution in [0.4, 0.5) is 0 Å². The van der Waals surface area contributed by atoms with Crippen LogP contribution >= 0.6 is 0 Å². The number of H-pyrrole nitrogens is 1. The lowest BCUT2D eigenvalue weighted by Gasteiger charge is -2.06. The van der Waals surface area contributed by atoms with Gasteiger partial charge in [0.1, 0.15) is 5.75 Å². The predicted molar refractivity (Wildman–Crippen MR) is 73.4 cm³/mol. The van der Waals surface area contributed by atoms with Crippen LogP contribution in [0.2, 0.25) is 0 Å². The van der Waals surface area contributed by atoms with E-state index < -0.39 is 0 Å². The van der Waals surface area contributed by atoms with Gasteiger partial charge in [0.15, 0.2) is 5.82 Å². The Labute approximate surface area is 115 Å². The van der Waals surface area contributed by atoms with E-state index in [4.69, 9.17) is 4.74 Å². The summed E-state index contributed by atoms with van der Waals surface area (Å²) < 4.78 is 8.03. The Balaban J connectivity index is 2.01. The van der Waals surface area contributed by atoms with Gasteiger partial charge in [-0.1, -0.05) is 0 Å². The van der Waals surface area contributed by atoms with Crippen LogP contribution in [0, 0.1) is 6.07 Å². The number of hydrogen-bond donors (Lipinski definition) is 1. The summed E-state index contributed by atoms with van der Waals surface area (Å²) in [5, 5.41) is 15.3. The normalized spacial score (nSPS) is 14.8. The topological polar surface area (TPSA) is 68.6 Å². The van der Waals surface area contributed by atoms with Gasteiger partial charge in [-0.15, -0.1) is 5.10 Å². The highest BCUT2D eigenvalue weighted by Gasteiger charge is 2.27. The third-order valence-electron chi connectivity index (χ3n) is 3.59. The highest BCUT2D eigenvalue weighted by atomic mass is 16.5. The zero-order chi connectivity index (χ0) is 13.5. The molecule has 0 bridgehead atoms. The molecule has 1 aliphatic carbocycles. The first-order valence-electron chi connectivity index (χ1n) is 6.80. The van der Waals surface area contributed by atoms with E-state index in [-0.39, 0.29) is 0 Å². The fourth-order valence-corrected chi connectivity index (χ4v) is 2.59. The molecule has 1 N–H and O–H groups in total. The average molecular weight is 268 g/mol. The lowest BCUT2D eigenvalue weighted by molar-refractivity contribution is 0.344. The number of tetrazole rings is 1. The van der Waals surface area contributed by atoms with Crippen molar-refractivity contribution in [3.63, 3.8) is 0 Å². The van der Waals surface area contributed by atoms with Crippen LogP contribution in [-0.2, 0) is 0 Å². The molecule has 4 rings (SSSR count). The molecule has 0 aliphatic heterocycles. The molecule has 1 fully saturated rings. The first-order valence-corrected chi connectivity index (χ1v) is 6.80. The fourth-order valence-electron chi connectivity index (χ4n) is 2.59. The molecule has 3 aromatic rings. The van der Waals surface area contributed by atoms with Gasteiger partial charge >= 0.3 is 0 Å². The maximum Gasteiger partial charge on any atom is 0.181 e. The molecule has 101 valence electrons. The van der Waals surface area contributed by atoms with Gasteiger partial charge in [-0.05, 0) is 48.4 Å². The summed E-state index contributed by atoms with van der Waals surface area (Å²) in [6, 6.07) is 7.61. The van der Waals surface area contributed by atoms with Crippen LogP contribution in [-0.4, -0.2) is 31.8 Å². The molecule has 6 nitrogen and oxygen atoms in total. The molecule has 0 amide bonds. The summed E-state index contributed by atoms with van der Waals surface area (Å²) in [4.78, 5) is 0. The lowest BCUT2D eigenvalue weighted by atomic mass is 10.1. The van der Waals surface area contributed by atoms with Crippen molar-refractivity contribution in [2.24, 2.45) is 0 Å². The van der Waals surface area contributed by atoms with Gasteiger partial charge < -0.3 is 9.30 Å². The predicted octanol–water partition coefficient (Wildman–Crippen LogP) is 2.36. The van der Waals surface area contributed by atoms with E-state index in [0.717, 1.165) is 22.2 Å². The van der Waals surface area contributed by atoms with Gasteiger partial charge in [-0.2, -0.15) is 0 Å². The zero-order valence-corrected chi connectivity index (χ0v) is 11.1. The quantitative estimate of drug-likeness (QED) is 0.788. The zero-order valence-electron chi connectivity index (χ0n) is 11.1. The average Bonchev–Trinajstić information content (AvgIpc) is 3.02. The second kappa shape index (κ2) is 4.33. The van der Waals surface area contributed by atoms with Crippen LogP contribution < -0.4 is 4.74 Å². The Kier molecular flexibility index (Phi) is 2.48. The van der Waals surface area contributed by atoms with Crippen molar-refractivity contribution in [1.29, 1.82) is 0 Å². The minimum absolute atomic E-state index is 0.576. The summed E-state index contributed by atoms with van der Waals surface area (Å²) in [7, 11) is 0. The summed E-state index contributed by atoms with van der Waals surface area (Å²) in [5.41, 5.74) is 2.11. The van der Waals surface area contributed by atoms with Crippen LogP contribution in [0.1, 0.15) is 25.8 Å². The number of nitrogens with zero attached hydrogens (tertiary/aromatic N) is 4. The van der Waals surface area contributed by atoms with E-state index in [0.29, 0.717) is 18.5 Å². The van der Waals surface area contributed by atoms with Crippen molar-refractivity contribution in [3.8, 4) is 17.1 Å². The van der Waals surface area contributed by atoms with E-state index in [2.05, 4.69) is 37.5 Å². The minimum atomic E-state index is 0.576. The van der Waals surface area contributed by atoms with Crippen molar-refractivity contribution in [2.45, 2.75) is 25.8 Å². The highest BCUT2D eigenvalue weighted by Crippen LogP contribution is 2.43. The second-order valence-electron chi connectivity index (χ2n) is 4.94. The van der Waals surface area contributed by atoms with Crippen molar-refractivity contribution in [1.82, 2.24) is 25.2 Å². The number of aromatic nitrogens is 5. The van der Waals surface area contributed by atoms with E-state index in [1.165, 1.54) is 12.8 Å². The molecule has 1 radical (unpaired) electrons. The van der Waals surface area contributed by atoms with Crippen LogP contribution in [0.25, 0.3) is 22.3 Å². The van der Waals surface area contributed by atoms with Gasteiger partial charge in [0.25, 0.3) is 0 Å². The van der Waals surface area contributed by atoms with Gasteiger partial charge in [-0.3, -0.25) is 0 Å². The minimum Gasteiger partial charge on any atom is -0.493 e. The Morgan fingerprint density at radius 3 is 3.05 bits per heavy atom. The molecular weight excluding hydrogens is 254 g/mol.